The molecule has 0 unspecified atom stereocenters. The number of hydrogen-bond acceptors (Lipinski definition) is 4. The van der Waals surface area contributed by atoms with E-state index in [1.165, 1.54) is 0 Å². The van der Waals surface area contributed by atoms with Crippen LogP contribution < -0.4 is 0 Å². The van der Waals surface area contributed by atoms with Crippen LogP contribution in [0.2, 0.25) is 0 Å². The van der Waals surface area contributed by atoms with Gasteiger partial charge in [0.1, 0.15) is 6.10 Å². The Morgan fingerprint density at radius 3 is 2.74 bits per heavy atom. The summed E-state index contributed by atoms with van der Waals surface area (Å²) in [5.41, 5.74) is 0.183. The van der Waals surface area contributed by atoms with Crippen LogP contribution in [0.15, 0.2) is 12.2 Å². The molecule has 19 heavy (non-hydrogen) atoms. The molecule has 0 spiro atoms. The maximum Gasteiger partial charge on any atom is 0.334 e. The van der Waals surface area contributed by atoms with E-state index in [1.807, 2.05) is 6.92 Å². The molecule has 2 saturated carbocycles. The molecule has 1 aliphatic heterocycles. The first kappa shape index (κ1) is 13.1. The third kappa shape index (κ3) is 1.69. The van der Waals surface area contributed by atoms with Crippen LogP contribution in [0.25, 0.3) is 0 Å². The monoisotopic (exact) mass is 266 g/mol. The van der Waals surface area contributed by atoms with Gasteiger partial charge in [-0.05, 0) is 36.5 Å². The average Bonchev–Trinajstić information content (AvgIpc) is 2.68. The third-order valence-corrected chi connectivity index (χ3v) is 5.75. The van der Waals surface area contributed by atoms with Gasteiger partial charge < -0.3 is 14.9 Å². The number of carbonyl (C=O) groups excluding carboxylic acids is 1. The van der Waals surface area contributed by atoms with Gasteiger partial charge in [-0.25, -0.2) is 4.79 Å². The van der Waals surface area contributed by atoms with Gasteiger partial charge in [-0.3, -0.25) is 0 Å². The van der Waals surface area contributed by atoms with Crippen LogP contribution >= 0.6 is 0 Å². The van der Waals surface area contributed by atoms with E-state index in [0.717, 1.165) is 6.42 Å². The van der Waals surface area contributed by atoms with E-state index in [9.17, 15) is 15.0 Å². The molecule has 0 amide bonds. The molecule has 4 heteroatoms. The molecule has 0 aromatic carbocycles. The number of aliphatic hydroxyl groups is 2. The van der Waals surface area contributed by atoms with Crippen LogP contribution in [0.4, 0.5) is 0 Å². The predicted octanol–water partition coefficient (Wildman–Crippen LogP) is 1.26. The molecular formula is C15H22O4. The topological polar surface area (TPSA) is 66.8 Å². The summed E-state index contributed by atoms with van der Waals surface area (Å²) in [6.07, 6.45) is 0.646. The molecule has 106 valence electrons. The lowest BCUT2D eigenvalue weighted by molar-refractivity contribution is -0.139. The van der Waals surface area contributed by atoms with E-state index in [4.69, 9.17) is 4.74 Å². The number of esters is 1. The van der Waals surface area contributed by atoms with E-state index in [0.29, 0.717) is 24.3 Å². The van der Waals surface area contributed by atoms with Crippen molar-refractivity contribution in [3.63, 3.8) is 0 Å². The maximum absolute atomic E-state index is 11.7. The highest BCUT2D eigenvalue weighted by Crippen LogP contribution is 2.56. The standard InChI is InChI=1S/C15H22O4/c1-7-4-12-9(8(2)14(18)19-12)6-15(3)10(7)5-11(16)13(15)17/h7,9-13,16-17H,2,4-6H2,1,3H3/t7-,9-,10+,11+,12-,13-,15-/m0/s1. The van der Waals surface area contributed by atoms with Crippen LogP contribution in [0.1, 0.15) is 33.1 Å². The SMILES string of the molecule is C=C1C(=O)O[C@H]2C[C@H](C)[C@H]3C[C@@H](O)[C@H](O)[C@@]3(C)C[C@@H]12. The van der Waals surface area contributed by atoms with E-state index in [-0.39, 0.29) is 29.3 Å². The van der Waals surface area contributed by atoms with Gasteiger partial charge in [-0.1, -0.05) is 20.4 Å². The van der Waals surface area contributed by atoms with Gasteiger partial charge in [0, 0.05) is 11.5 Å². The van der Waals surface area contributed by atoms with Gasteiger partial charge in [0.25, 0.3) is 0 Å². The Morgan fingerprint density at radius 2 is 2.05 bits per heavy atom. The number of ether oxygens (including phenoxy) is 1. The Hall–Kier alpha value is -0.870. The summed E-state index contributed by atoms with van der Waals surface area (Å²) in [5.74, 6) is 0.294. The number of rotatable bonds is 0. The van der Waals surface area contributed by atoms with Gasteiger partial charge in [-0.2, -0.15) is 0 Å². The van der Waals surface area contributed by atoms with Gasteiger partial charge in [-0.15, -0.1) is 0 Å². The van der Waals surface area contributed by atoms with Crippen molar-refractivity contribution in [2.45, 2.75) is 51.4 Å². The quantitative estimate of drug-likeness (QED) is 0.512. The van der Waals surface area contributed by atoms with E-state index >= 15 is 0 Å². The Bertz CT molecular complexity index is 432. The lowest BCUT2D eigenvalue weighted by atomic mass is 9.69. The summed E-state index contributed by atoms with van der Waals surface area (Å²) in [5, 5.41) is 20.4. The van der Waals surface area contributed by atoms with Crippen molar-refractivity contribution in [2.75, 3.05) is 0 Å². The van der Waals surface area contributed by atoms with Crippen LogP contribution in [-0.2, 0) is 9.53 Å². The van der Waals surface area contributed by atoms with E-state index < -0.39 is 12.2 Å². The lowest BCUT2D eigenvalue weighted by Crippen LogP contribution is -2.38. The molecule has 7 atom stereocenters. The number of hydrogen-bond donors (Lipinski definition) is 2. The van der Waals surface area contributed by atoms with Crippen molar-refractivity contribution in [3.8, 4) is 0 Å². The molecule has 0 aromatic heterocycles. The zero-order valence-corrected chi connectivity index (χ0v) is 11.5. The molecule has 0 radical (unpaired) electrons. The highest BCUT2D eigenvalue weighted by atomic mass is 16.6. The van der Waals surface area contributed by atoms with E-state index in [1.54, 1.807) is 0 Å². The smallest absolute Gasteiger partial charge is 0.334 e. The molecule has 4 nitrogen and oxygen atoms in total. The van der Waals surface area contributed by atoms with Crippen LogP contribution in [0.3, 0.4) is 0 Å². The summed E-state index contributed by atoms with van der Waals surface area (Å²) >= 11 is 0. The zero-order valence-electron chi connectivity index (χ0n) is 11.5. The second kappa shape index (κ2) is 4.06. The molecule has 3 rings (SSSR count). The molecule has 2 aliphatic carbocycles. The Balaban J connectivity index is 1.97. The Labute approximate surface area is 113 Å². The fraction of sp³-hybridized carbons (Fsp3) is 0.800. The van der Waals surface area contributed by atoms with Gasteiger partial charge in [0.05, 0.1) is 12.2 Å². The summed E-state index contributed by atoms with van der Waals surface area (Å²) in [7, 11) is 0. The molecule has 0 aromatic rings. The predicted molar refractivity (Wildman–Crippen MR) is 69.1 cm³/mol. The fourth-order valence-corrected chi connectivity index (χ4v) is 4.61. The van der Waals surface area contributed by atoms with Crippen LogP contribution in [-0.4, -0.2) is 34.5 Å². The average molecular weight is 266 g/mol. The molecule has 0 bridgehead atoms. The fourth-order valence-electron chi connectivity index (χ4n) is 4.61. The minimum absolute atomic E-state index is 0.00935. The summed E-state index contributed by atoms with van der Waals surface area (Å²) in [4.78, 5) is 11.7. The van der Waals surface area contributed by atoms with Gasteiger partial charge in [0.15, 0.2) is 0 Å². The number of carbonyl (C=O) groups is 1. The van der Waals surface area contributed by atoms with Crippen molar-refractivity contribution in [2.24, 2.45) is 23.2 Å². The Morgan fingerprint density at radius 1 is 1.37 bits per heavy atom. The summed E-state index contributed by atoms with van der Waals surface area (Å²) in [6.45, 7) is 8.02. The van der Waals surface area contributed by atoms with Crippen molar-refractivity contribution < 1.29 is 19.7 Å². The highest BCUT2D eigenvalue weighted by Gasteiger charge is 2.58. The van der Waals surface area contributed by atoms with Crippen molar-refractivity contribution in [3.05, 3.63) is 12.2 Å². The molecule has 3 fully saturated rings. The highest BCUT2D eigenvalue weighted by molar-refractivity contribution is 5.90. The van der Waals surface area contributed by atoms with Crippen molar-refractivity contribution in [1.82, 2.24) is 0 Å². The zero-order chi connectivity index (χ0) is 13.9. The van der Waals surface area contributed by atoms with Crippen molar-refractivity contribution in [1.29, 1.82) is 0 Å². The number of aliphatic hydroxyl groups excluding tert-OH is 2. The van der Waals surface area contributed by atoms with Crippen molar-refractivity contribution >= 4 is 5.97 Å². The Kier molecular flexibility index (Phi) is 2.81. The largest absolute Gasteiger partial charge is 0.458 e. The van der Waals surface area contributed by atoms with E-state index in [2.05, 4.69) is 13.5 Å². The van der Waals surface area contributed by atoms with Gasteiger partial charge >= 0.3 is 5.97 Å². The van der Waals surface area contributed by atoms with Crippen LogP contribution in [0, 0.1) is 23.2 Å². The first-order valence-electron chi connectivity index (χ1n) is 7.10. The second-order valence-corrected chi connectivity index (χ2v) is 6.85. The molecular weight excluding hydrogens is 244 g/mol. The lowest BCUT2D eigenvalue weighted by Gasteiger charge is -2.36. The third-order valence-electron chi connectivity index (χ3n) is 5.75. The van der Waals surface area contributed by atoms with Gasteiger partial charge in [0.2, 0.25) is 0 Å². The molecule has 2 N–H and O–H groups in total. The normalized spacial score (nSPS) is 53.5. The minimum Gasteiger partial charge on any atom is -0.458 e. The summed E-state index contributed by atoms with van der Waals surface area (Å²) < 4.78 is 5.42. The maximum atomic E-state index is 11.7. The minimum atomic E-state index is -0.720. The second-order valence-electron chi connectivity index (χ2n) is 6.85. The molecule has 1 heterocycles. The first-order chi connectivity index (χ1) is 8.84. The molecule has 3 aliphatic rings. The molecule has 1 saturated heterocycles. The first-order valence-corrected chi connectivity index (χ1v) is 7.10. The summed E-state index contributed by atoms with van der Waals surface area (Å²) in [6, 6.07) is 0. The van der Waals surface area contributed by atoms with Crippen LogP contribution in [0.5, 0.6) is 0 Å². The number of fused-ring (bicyclic) bond motifs is 2.